The molecular formula is C63H64N6O12S. The first kappa shape index (κ1) is 58.0. The number of hydrazine groups is 1. The Morgan fingerprint density at radius 2 is 1.45 bits per heavy atom. The van der Waals surface area contributed by atoms with Crippen LogP contribution in [0.1, 0.15) is 74.0 Å². The Kier molecular flexibility index (Phi) is 17.4. The molecule has 3 saturated heterocycles. The number of piperidine rings is 1. The second-order valence-electron chi connectivity index (χ2n) is 21.1. The summed E-state index contributed by atoms with van der Waals surface area (Å²) in [6.45, 7) is 6.09. The average molecular weight is 1130 g/mol. The van der Waals surface area contributed by atoms with E-state index in [-0.39, 0.29) is 40.9 Å². The number of nitrogens with zero attached hydrogens (tertiary/aromatic N) is 5. The van der Waals surface area contributed by atoms with E-state index in [9.17, 15) is 52.7 Å². The van der Waals surface area contributed by atoms with Crippen molar-refractivity contribution in [3.05, 3.63) is 208 Å². The number of nitrogens with one attached hydrogen (secondary N) is 1. The number of carbonyl (C=O) groups excluding carboxylic acids is 5. The van der Waals surface area contributed by atoms with Gasteiger partial charge in [-0.05, 0) is 117 Å². The number of aliphatic hydroxyl groups is 2. The number of likely N-dealkylation sites (tertiary alicyclic amines) is 2. The number of hydrogen-bond acceptors (Lipinski definition) is 14. The molecule has 0 aromatic heterocycles. The standard InChI is InChI=1S/C33H29N3O7.C30H35N3O5S/c1-43-28-12-5-4-11-25(28)30(37)27-18-17-26-29(35(27)31(38)21-13-15-23(16-14-21)36(41)42)33(40)34(32(26)39)19-22-9-6-8-20-7-2-3-10-24(20)22;1-20(2)9-8-10-21(3)19-27(34)26-18-17-25-28(30(36)32(29(25)35)23-11-6-5-7-12-23)33(26)31-22-13-15-24(16-14-22)39(4,37)38/h2-16,26-27,29-30,37H,17-19H2,1H3;5-7,9,11-19,25-28,31,34H,8,10H2,1-4H3/t26-,27-,29+,30-;25?,26-,27?,28+/m11/s1. The fraction of sp³-hybridized carbons (Fsp3) is 0.286. The number of carbonyl (C=O) groups is 5. The van der Waals surface area contributed by atoms with Gasteiger partial charge in [0.1, 0.15) is 23.9 Å². The number of benzene rings is 6. The summed E-state index contributed by atoms with van der Waals surface area (Å²) in [5.74, 6) is -3.33. The fourth-order valence-corrected chi connectivity index (χ4v) is 11.9. The van der Waals surface area contributed by atoms with Gasteiger partial charge in [0, 0.05) is 35.2 Å². The van der Waals surface area contributed by atoms with Crippen LogP contribution < -0.4 is 15.1 Å². The maximum atomic E-state index is 14.1. The summed E-state index contributed by atoms with van der Waals surface area (Å²) in [5, 5.41) is 37.7. The van der Waals surface area contributed by atoms with Gasteiger partial charge in [-0.1, -0.05) is 114 Å². The SMILES string of the molecule is CC(C)=CCCC(C)=CC(O)[C@H]1C=CC2C(=O)N(c3ccccc3)C(=O)[C@H]2N1Nc1ccc(S(C)(=O)=O)cc1.COc1ccccc1[C@@H](O)[C@H]1CC[C@H]2C(=O)N(Cc3cccc4ccccc34)C(=O)[C@H]2N1C(=O)c1ccc([N+](=O)[O-])cc1. The van der Waals surface area contributed by atoms with Crippen LogP contribution in [-0.4, -0.2) is 112 Å². The van der Waals surface area contributed by atoms with Crippen molar-refractivity contribution in [1.82, 2.24) is 14.8 Å². The number of amides is 5. The highest BCUT2D eigenvalue weighted by atomic mass is 32.2. The molecular weight excluding hydrogens is 1060 g/mol. The Labute approximate surface area is 475 Å². The van der Waals surface area contributed by atoms with E-state index in [1.807, 2.05) is 69.3 Å². The van der Waals surface area contributed by atoms with Crippen LogP contribution in [0.15, 0.2) is 186 Å². The highest BCUT2D eigenvalue weighted by Gasteiger charge is 2.57. The molecule has 6 aromatic rings. The van der Waals surface area contributed by atoms with Gasteiger partial charge in [0.2, 0.25) is 11.8 Å². The molecule has 0 bridgehead atoms. The van der Waals surface area contributed by atoms with Crippen molar-refractivity contribution in [2.75, 3.05) is 23.7 Å². The van der Waals surface area contributed by atoms with Crippen LogP contribution in [0.4, 0.5) is 17.1 Å². The van der Waals surface area contributed by atoms with Crippen molar-refractivity contribution in [2.45, 2.75) is 94.3 Å². The molecule has 82 heavy (non-hydrogen) atoms. The summed E-state index contributed by atoms with van der Waals surface area (Å²) in [6.07, 6.45) is 8.51. The third-order valence-electron chi connectivity index (χ3n) is 15.4. The normalized spacial score (nSPS) is 21.5. The molecule has 0 aliphatic carbocycles. The van der Waals surface area contributed by atoms with Crippen LogP contribution in [0.3, 0.4) is 0 Å². The Morgan fingerprint density at radius 1 is 0.780 bits per heavy atom. The summed E-state index contributed by atoms with van der Waals surface area (Å²) in [4.78, 5) is 83.7. The number of methoxy groups -OCH3 is 1. The molecule has 6 aromatic carbocycles. The monoisotopic (exact) mass is 1130 g/mol. The van der Waals surface area contributed by atoms with E-state index in [0.717, 1.165) is 41.0 Å². The summed E-state index contributed by atoms with van der Waals surface area (Å²) < 4.78 is 29.3. The Bertz CT molecular complexity index is 3620. The number of aliphatic hydroxyl groups excluding tert-OH is 2. The van der Waals surface area contributed by atoms with Gasteiger partial charge in [0.25, 0.3) is 23.4 Å². The lowest BCUT2D eigenvalue weighted by atomic mass is 9.82. The number of non-ortho nitro benzene ring substituents is 1. The predicted molar refractivity (Wildman–Crippen MR) is 310 cm³/mol. The topological polar surface area (TPSA) is 237 Å². The molecule has 2 unspecified atom stereocenters. The van der Waals surface area contributed by atoms with E-state index in [2.05, 4.69) is 11.5 Å². The van der Waals surface area contributed by atoms with Gasteiger partial charge < -0.3 is 25.3 Å². The molecule has 19 heteroatoms. The van der Waals surface area contributed by atoms with Gasteiger partial charge >= 0.3 is 0 Å². The molecule has 5 amide bonds. The number of anilines is 2. The number of hydrogen-bond donors (Lipinski definition) is 3. The highest BCUT2D eigenvalue weighted by molar-refractivity contribution is 7.90. The zero-order valence-corrected chi connectivity index (χ0v) is 46.8. The Balaban J connectivity index is 0.000000199. The molecule has 0 radical (unpaired) electrons. The molecule has 3 N–H and O–H groups in total. The van der Waals surface area contributed by atoms with Crippen molar-refractivity contribution in [1.29, 1.82) is 0 Å². The minimum atomic E-state index is -3.38. The average Bonchev–Trinajstić information content (AvgIpc) is 4.04. The molecule has 0 spiro atoms. The third-order valence-corrected chi connectivity index (χ3v) is 16.5. The first-order valence-corrected chi connectivity index (χ1v) is 28.8. The van der Waals surface area contributed by atoms with Crippen molar-refractivity contribution in [3.63, 3.8) is 0 Å². The molecule has 18 nitrogen and oxygen atoms in total. The van der Waals surface area contributed by atoms with E-state index >= 15 is 0 Å². The first-order chi connectivity index (χ1) is 39.3. The number of fused-ring (bicyclic) bond motifs is 3. The van der Waals surface area contributed by atoms with Crippen molar-refractivity contribution in [3.8, 4) is 5.75 Å². The van der Waals surface area contributed by atoms with Gasteiger partial charge in [-0.25, -0.2) is 18.3 Å². The number of allylic oxidation sites excluding steroid dienone is 3. The van der Waals surface area contributed by atoms with E-state index in [1.165, 1.54) is 63.8 Å². The molecule has 8 atom stereocenters. The maximum absolute atomic E-state index is 14.1. The van der Waals surface area contributed by atoms with Gasteiger partial charge in [-0.2, -0.15) is 0 Å². The van der Waals surface area contributed by atoms with Crippen LogP contribution in [0.25, 0.3) is 10.8 Å². The molecule has 10 rings (SSSR count). The molecule has 0 saturated carbocycles. The van der Waals surface area contributed by atoms with E-state index in [1.54, 1.807) is 83.9 Å². The van der Waals surface area contributed by atoms with E-state index in [4.69, 9.17) is 4.74 Å². The molecule has 4 aliphatic rings. The Morgan fingerprint density at radius 3 is 2.13 bits per heavy atom. The lowest BCUT2D eigenvalue weighted by molar-refractivity contribution is -0.384. The molecule has 424 valence electrons. The van der Waals surface area contributed by atoms with Crippen LogP contribution in [0.5, 0.6) is 5.75 Å². The molecule has 4 heterocycles. The molecule has 4 aliphatic heterocycles. The number of ether oxygens (including phenoxy) is 1. The van der Waals surface area contributed by atoms with E-state index < -0.39 is 80.7 Å². The van der Waals surface area contributed by atoms with Gasteiger partial charge in [-0.3, -0.25) is 39.0 Å². The van der Waals surface area contributed by atoms with Crippen LogP contribution in [0, 0.1) is 22.0 Å². The van der Waals surface area contributed by atoms with Crippen LogP contribution >= 0.6 is 0 Å². The van der Waals surface area contributed by atoms with Crippen molar-refractivity contribution < 1.29 is 52.3 Å². The minimum absolute atomic E-state index is 0.0469. The number of para-hydroxylation sites is 2. The van der Waals surface area contributed by atoms with E-state index in [0.29, 0.717) is 29.1 Å². The maximum Gasteiger partial charge on any atom is 0.269 e. The van der Waals surface area contributed by atoms with Crippen molar-refractivity contribution >= 4 is 67.2 Å². The number of sulfone groups is 1. The third kappa shape index (κ3) is 12.0. The largest absolute Gasteiger partial charge is 0.496 e. The number of nitro groups is 1. The smallest absolute Gasteiger partial charge is 0.269 e. The Hall–Kier alpha value is -8.62. The highest BCUT2D eigenvalue weighted by Crippen LogP contribution is 2.43. The number of imide groups is 2. The summed E-state index contributed by atoms with van der Waals surface area (Å²) in [5.41, 5.74) is 7.62. The number of nitro benzene ring substituents is 1. The van der Waals surface area contributed by atoms with Crippen LogP contribution in [-0.2, 0) is 35.6 Å². The minimum Gasteiger partial charge on any atom is -0.496 e. The quantitative estimate of drug-likeness (QED) is 0.0355. The zero-order chi connectivity index (χ0) is 58.6. The molecule has 3 fully saturated rings. The van der Waals surface area contributed by atoms with Crippen molar-refractivity contribution in [2.24, 2.45) is 11.8 Å². The second kappa shape index (κ2) is 24.6. The van der Waals surface area contributed by atoms with Gasteiger partial charge in [0.05, 0.1) is 59.2 Å². The second-order valence-corrected chi connectivity index (χ2v) is 23.1. The fourth-order valence-electron chi connectivity index (χ4n) is 11.3. The van der Waals surface area contributed by atoms with Crippen LogP contribution in [0.2, 0.25) is 0 Å². The first-order valence-electron chi connectivity index (χ1n) is 26.9. The van der Waals surface area contributed by atoms with Gasteiger partial charge in [-0.15, -0.1) is 0 Å². The summed E-state index contributed by atoms with van der Waals surface area (Å²) in [7, 11) is -1.90. The predicted octanol–water partition coefficient (Wildman–Crippen LogP) is 8.92. The van der Waals surface area contributed by atoms with Gasteiger partial charge in [0.15, 0.2) is 9.84 Å². The summed E-state index contributed by atoms with van der Waals surface area (Å²) in [6, 6.07) is 36.7. The zero-order valence-electron chi connectivity index (χ0n) is 45.9. The summed E-state index contributed by atoms with van der Waals surface area (Å²) >= 11 is 0. The number of rotatable bonds is 16. The lowest BCUT2D eigenvalue weighted by Crippen LogP contribution is -2.57. The lowest BCUT2D eigenvalue weighted by Gasteiger charge is -2.43.